The highest BCUT2D eigenvalue weighted by Gasteiger charge is 2.08. The maximum Gasteiger partial charge on any atom is 0.271 e. The number of aromatic hydroxyl groups is 1. The SMILES string of the molecule is COc1cc(/C=N/NC(=O)c2ccccc2C)cc(I)c1O. The molecule has 0 aliphatic heterocycles. The fraction of sp³-hybridized carbons (Fsp3) is 0.125. The van der Waals surface area contributed by atoms with Gasteiger partial charge in [-0.25, -0.2) is 5.43 Å². The second kappa shape index (κ2) is 7.26. The number of aryl methyl sites for hydroxylation is 1. The standard InChI is InChI=1S/C16H15IN2O3/c1-10-5-3-4-6-12(10)16(21)19-18-9-11-7-13(17)15(20)14(8-11)22-2/h3-9,20H,1-2H3,(H,19,21)/b18-9+. The van der Waals surface area contributed by atoms with Crippen LogP contribution in [0.5, 0.6) is 11.5 Å². The van der Waals surface area contributed by atoms with Crippen LogP contribution in [0.2, 0.25) is 0 Å². The number of hydrazone groups is 1. The minimum atomic E-state index is -0.269. The van der Waals surface area contributed by atoms with Crippen LogP contribution in [0.3, 0.4) is 0 Å². The largest absolute Gasteiger partial charge is 0.504 e. The van der Waals surface area contributed by atoms with Crippen LogP contribution in [0, 0.1) is 10.5 Å². The molecule has 114 valence electrons. The predicted octanol–water partition coefficient (Wildman–Crippen LogP) is 3.08. The van der Waals surface area contributed by atoms with Crippen molar-refractivity contribution in [3.8, 4) is 11.5 Å². The molecule has 0 unspecified atom stereocenters. The quantitative estimate of drug-likeness (QED) is 0.463. The normalized spacial score (nSPS) is 10.7. The van der Waals surface area contributed by atoms with Crippen molar-refractivity contribution >= 4 is 34.7 Å². The van der Waals surface area contributed by atoms with Gasteiger partial charge in [-0.2, -0.15) is 5.10 Å². The second-order valence-corrected chi connectivity index (χ2v) is 5.73. The molecule has 0 aromatic heterocycles. The van der Waals surface area contributed by atoms with Gasteiger partial charge in [0.2, 0.25) is 0 Å². The molecular weight excluding hydrogens is 395 g/mol. The molecule has 6 heteroatoms. The summed E-state index contributed by atoms with van der Waals surface area (Å²) in [5.74, 6) is 0.178. The fourth-order valence-corrected chi connectivity index (χ4v) is 2.50. The number of nitrogens with one attached hydrogen (secondary N) is 1. The van der Waals surface area contributed by atoms with E-state index in [0.717, 1.165) is 5.56 Å². The summed E-state index contributed by atoms with van der Waals surface area (Å²) in [6.45, 7) is 1.87. The molecule has 2 aromatic carbocycles. The third kappa shape index (κ3) is 3.76. The summed E-state index contributed by atoms with van der Waals surface area (Å²) < 4.78 is 5.72. The summed E-state index contributed by atoms with van der Waals surface area (Å²) >= 11 is 2.00. The highest BCUT2D eigenvalue weighted by atomic mass is 127. The minimum absolute atomic E-state index is 0.0872. The molecular formula is C16H15IN2O3. The number of methoxy groups -OCH3 is 1. The van der Waals surface area contributed by atoms with Crippen LogP contribution >= 0.6 is 22.6 Å². The van der Waals surface area contributed by atoms with Crippen LogP contribution in [0.25, 0.3) is 0 Å². The summed E-state index contributed by atoms with van der Waals surface area (Å²) in [5.41, 5.74) is 4.66. The Morgan fingerprint density at radius 1 is 1.36 bits per heavy atom. The Balaban J connectivity index is 2.12. The summed E-state index contributed by atoms with van der Waals surface area (Å²) in [7, 11) is 1.48. The lowest BCUT2D eigenvalue weighted by Gasteiger charge is -2.06. The Hall–Kier alpha value is -2.09. The third-order valence-corrected chi connectivity index (χ3v) is 3.86. The van der Waals surface area contributed by atoms with Gasteiger partial charge in [-0.3, -0.25) is 4.79 Å². The summed E-state index contributed by atoms with van der Waals surface area (Å²) in [5, 5.41) is 13.7. The first-order chi connectivity index (χ1) is 10.5. The van der Waals surface area contributed by atoms with Crippen molar-refractivity contribution in [2.24, 2.45) is 5.10 Å². The molecule has 0 atom stereocenters. The number of phenols is 1. The zero-order valence-electron chi connectivity index (χ0n) is 12.1. The number of carbonyl (C=O) groups excluding carboxylic acids is 1. The first-order valence-corrected chi connectivity index (χ1v) is 7.56. The Labute approximate surface area is 142 Å². The molecule has 0 saturated heterocycles. The number of hydrogen-bond acceptors (Lipinski definition) is 4. The molecule has 2 N–H and O–H groups in total. The fourth-order valence-electron chi connectivity index (χ4n) is 1.88. The van der Waals surface area contributed by atoms with E-state index in [2.05, 4.69) is 10.5 Å². The zero-order chi connectivity index (χ0) is 16.1. The lowest BCUT2D eigenvalue weighted by Crippen LogP contribution is -2.18. The number of nitrogens with zero attached hydrogens (tertiary/aromatic N) is 1. The lowest BCUT2D eigenvalue weighted by molar-refractivity contribution is 0.0954. The minimum Gasteiger partial charge on any atom is -0.504 e. The van der Waals surface area contributed by atoms with Gasteiger partial charge in [0.1, 0.15) is 0 Å². The van der Waals surface area contributed by atoms with Gasteiger partial charge < -0.3 is 9.84 Å². The summed E-state index contributed by atoms with van der Waals surface area (Å²) in [6.07, 6.45) is 1.50. The lowest BCUT2D eigenvalue weighted by atomic mass is 10.1. The molecule has 0 heterocycles. The van der Waals surface area contributed by atoms with Crippen LogP contribution < -0.4 is 10.2 Å². The first-order valence-electron chi connectivity index (χ1n) is 6.48. The number of amides is 1. The van der Waals surface area contributed by atoms with E-state index in [1.807, 2.05) is 41.6 Å². The van der Waals surface area contributed by atoms with Crippen LogP contribution in [0.15, 0.2) is 41.5 Å². The molecule has 5 nitrogen and oxygen atoms in total. The van der Waals surface area contributed by atoms with Crippen molar-refractivity contribution in [3.63, 3.8) is 0 Å². The van der Waals surface area contributed by atoms with Gasteiger partial charge >= 0.3 is 0 Å². The van der Waals surface area contributed by atoms with E-state index in [4.69, 9.17) is 4.74 Å². The van der Waals surface area contributed by atoms with Crippen molar-refractivity contribution in [3.05, 3.63) is 56.7 Å². The Morgan fingerprint density at radius 2 is 2.09 bits per heavy atom. The van der Waals surface area contributed by atoms with Crippen LogP contribution in [0.1, 0.15) is 21.5 Å². The van der Waals surface area contributed by atoms with E-state index in [9.17, 15) is 9.90 Å². The third-order valence-electron chi connectivity index (χ3n) is 3.04. The van der Waals surface area contributed by atoms with Crippen molar-refractivity contribution in [2.75, 3.05) is 7.11 Å². The van der Waals surface area contributed by atoms with Crippen LogP contribution in [0.4, 0.5) is 0 Å². The maximum absolute atomic E-state index is 12.0. The average molecular weight is 410 g/mol. The molecule has 0 fully saturated rings. The monoisotopic (exact) mass is 410 g/mol. The molecule has 0 spiro atoms. The summed E-state index contributed by atoms with van der Waals surface area (Å²) in [6, 6.07) is 10.7. The van der Waals surface area contributed by atoms with E-state index in [1.165, 1.54) is 13.3 Å². The topological polar surface area (TPSA) is 70.9 Å². The van der Waals surface area contributed by atoms with Gasteiger partial charge in [-0.15, -0.1) is 0 Å². The number of phenolic OH excluding ortho intramolecular Hbond substituents is 1. The van der Waals surface area contributed by atoms with Crippen molar-refractivity contribution in [1.82, 2.24) is 5.43 Å². The highest BCUT2D eigenvalue weighted by Crippen LogP contribution is 2.31. The van der Waals surface area contributed by atoms with Gasteiger partial charge in [0.25, 0.3) is 5.91 Å². The first kappa shape index (κ1) is 16.3. The predicted molar refractivity (Wildman–Crippen MR) is 93.6 cm³/mol. The van der Waals surface area contributed by atoms with Gasteiger partial charge in [0.15, 0.2) is 11.5 Å². The molecule has 22 heavy (non-hydrogen) atoms. The number of halogens is 1. The van der Waals surface area contributed by atoms with Crippen LogP contribution in [-0.2, 0) is 0 Å². The average Bonchev–Trinajstić information content (AvgIpc) is 2.50. The van der Waals surface area contributed by atoms with Crippen molar-refractivity contribution < 1.29 is 14.6 Å². The number of rotatable bonds is 4. The number of carbonyl (C=O) groups is 1. The smallest absolute Gasteiger partial charge is 0.271 e. The molecule has 2 aromatic rings. The van der Waals surface area contributed by atoms with E-state index < -0.39 is 0 Å². The van der Waals surface area contributed by atoms with E-state index in [0.29, 0.717) is 20.4 Å². The van der Waals surface area contributed by atoms with Crippen LogP contribution in [-0.4, -0.2) is 24.3 Å². The van der Waals surface area contributed by atoms with Crippen molar-refractivity contribution in [2.45, 2.75) is 6.92 Å². The molecule has 0 saturated carbocycles. The number of benzene rings is 2. The Bertz CT molecular complexity index is 729. The molecule has 1 amide bonds. The van der Waals surface area contributed by atoms with E-state index >= 15 is 0 Å². The van der Waals surface area contributed by atoms with Gasteiger partial charge in [0, 0.05) is 5.56 Å². The van der Waals surface area contributed by atoms with Gasteiger partial charge in [-0.05, 0) is 58.8 Å². The zero-order valence-corrected chi connectivity index (χ0v) is 14.3. The Kier molecular flexibility index (Phi) is 5.37. The molecule has 0 radical (unpaired) electrons. The number of ether oxygens (including phenoxy) is 1. The molecule has 0 aliphatic rings. The van der Waals surface area contributed by atoms with E-state index in [1.54, 1.807) is 24.3 Å². The number of hydrogen-bond donors (Lipinski definition) is 2. The molecule has 2 rings (SSSR count). The second-order valence-electron chi connectivity index (χ2n) is 4.57. The van der Waals surface area contributed by atoms with E-state index in [-0.39, 0.29) is 11.7 Å². The van der Waals surface area contributed by atoms with Gasteiger partial charge in [-0.1, -0.05) is 18.2 Å². The highest BCUT2D eigenvalue weighted by molar-refractivity contribution is 14.1. The van der Waals surface area contributed by atoms with Crippen molar-refractivity contribution in [1.29, 1.82) is 0 Å². The summed E-state index contributed by atoms with van der Waals surface area (Å²) in [4.78, 5) is 12.0. The maximum atomic E-state index is 12.0. The molecule has 0 bridgehead atoms. The van der Waals surface area contributed by atoms with Gasteiger partial charge in [0.05, 0.1) is 16.9 Å². The molecule has 0 aliphatic carbocycles. The Morgan fingerprint density at radius 3 is 2.77 bits per heavy atom.